The first-order chi connectivity index (χ1) is 13.9. The quantitative estimate of drug-likeness (QED) is 0.775. The van der Waals surface area contributed by atoms with Crippen LogP contribution in [0.3, 0.4) is 0 Å². The third-order valence-corrected chi connectivity index (χ3v) is 6.10. The summed E-state index contributed by atoms with van der Waals surface area (Å²) in [4.78, 5) is 29.3. The maximum absolute atomic E-state index is 13.3. The smallest absolute Gasteiger partial charge is 0.230 e. The molecule has 1 unspecified atom stereocenters. The van der Waals surface area contributed by atoms with Gasteiger partial charge >= 0.3 is 0 Å². The number of amides is 2. The van der Waals surface area contributed by atoms with Gasteiger partial charge in [0.15, 0.2) is 0 Å². The Morgan fingerprint density at radius 1 is 1.10 bits per heavy atom. The molecule has 1 atom stereocenters. The Bertz CT molecular complexity index is 921. The van der Waals surface area contributed by atoms with Gasteiger partial charge in [0.05, 0.1) is 5.41 Å². The number of carbonyl (C=O) groups is 2. The van der Waals surface area contributed by atoms with Gasteiger partial charge in [-0.15, -0.1) is 0 Å². The van der Waals surface area contributed by atoms with Gasteiger partial charge in [0.1, 0.15) is 5.82 Å². The van der Waals surface area contributed by atoms with E-state index >= 15 is 0 Å². The van der Waals surface area contributed by atoms with E-state index < -0.39 is 5.41 Å². The second-order valence-electron chi connectivity index (χ2n) is 8.65. The molecule has 1 saturated heterocycles. The van der Waals surface area contributed by atoms with Crippen LogP contribution in [0.15, 0.2) is 48.5 Å². The number of hydrogen-bond donors (Lipinski definition) is 0. The molecule has 1 aliphatic heterocycles. The molecule has 0 aromatic heterocycles. The molecule has 0 radical (unpaired) electrons. The number of carbonyl (C=O) groups excluding carboxylic acids is 2. The van der Waals surface area contributed by atoms with Crippen LogP contribution in [0.1, 0.15) is 24.8 Å². The van der Waals surface area contributed by atoms with Crippen LogP contribution >= 0.6 is 0 Å². The molecule has 152 valence electrons. The first kappa shape index (κ1) is 19.6. The molecule has 2 aromatic rings. The molecule has 2 fully saturated rings. The predicted octanol–water partition coefficient (Wildman–Crippen LogP) is 3.75. The van der Waals surface area contributed by atoms with Crippen molar-refractivity contribution in [3.05, 3.63) is 59.9 Å². The Labute approximate surface area is 171 Å². The minimum absolute atomic E-state index is 0.0794. The van der Waals surface area contributed by atoms with Gasteiger partial charge in [-0.1, -0.05) is 36.4 Å². The van der Waals surface area contributed by atoms with E-state index in [1.54, 1.807) is 31.1 Å². The summed E-state index contributed by atoms with van der Waals surface area (Å²) in [5.74, 6) is 0.197. The Balaban J connectivity index is 1.60. The maximum Gasteiger partial charge on any atom is 0.230 e. The van der Waals surface area contributed by atoms with Gasteiger partial charge in [-0.3, -0.25) is 9.59 Å². The first-order valence-electron chi connectivity index (χ1n) is 10.2. The molecule has 1 saturated carbocycles. The third-order valence-electron chi connectivity index (χ3n) is 6.10. The molecule has 0 N–H and O–H groups in total. The van der Waals surface area contributed by atoms with Crippen molar-refractivity contribution < 1.29 is 14.0 Å². The minimum Gasteiger partial charge on any atom is -0.348 e. The van der Waals surface area contributed by atoms with Gasteiger partial charge in [0, 0.05) is 33.1 Å². The van der Waals surface area contributed by atoms with Gasteiger partial charge in [-0.2, -0.15) is 0 Å². The number of benzene rings is 2. The summed E-state index contributed by atoms with van der Waals surface area (Å²) in [5.41, 5.74) is 2.41. The first-order valence-corrected chi connectivity index (χ1v) is 10.2. The molecule has 4 rings (SSSR count). The summed E-state index contributed by atoms with van der Waals surface area (Å²) in [6.07, 6.45) is 3.23. The molecule has 1 aliphatic carbocycles. The van der Waals surface area contributed by atoms with Crippen molar-refractivity contribution in [3.63, 3.8) is 0 Å². The van der Waals surface area contributed by atoms with E-state index in [-0.39, 0.29) is 23.5 Å². The van der Waals surface area contributed by atoms with Crippen molar-refractivity contribution in [2.75, 3.05) is 27.2 Å². The monoisotopic (exact) mass is 394 g/mol. The fourth-order valence-electron chi connectivity index (χ4n) is 4.41. The number of rotatable bonds is 5. The fraction of sp³-hybridized carbons (Fsp3) is 0.417. The van der Waals surface area contributed by atoms with Crippen molar-refractivity contribution >= 4 is 11.8 Å². The van der Waals surface area contributed by atoms with Crippen molar-refractivity contribution in [1.82, 2.24) is 9.80 Å². The Kier molecular flexibility index (Phi) is 5.15. The van der Waals surface area contributed by atoms with Crippen molar-refractivity contribution in [2.24, 2.45) is 11.3 Å². The predicted molar refractivity (Wildman–Crippen MR) is 111 cm³/mol. The van der Waals surface area contributed by atoms with Gasteiger partial charge in [0.2, 0.25) is 11.8 Å². The number of nitrogens with zero attached hydrogens (tertiary/aromatic N) is 2. The van der Waals surface area contributed by atoms with Crippen LogP contribution in [0.25, 0.3) is 11.1 Å². The van der Waals surface area contributed by atoms with Crippen LogP contribution in [0.5, 0.6) is 0 Å². The zero-order chi connectivity index (χ0) is 20.6. The molecule has 0 bridgehead atoms. The van der Waals surface area contributed by atoms with E-state index in [1.807, 2.05) is 23.1 Å². The lowest BCUT2D eigenvalue weighted by atomic mass is 9.79. The lowest BCUT2D eigenvalue weighted by molar-refractivity contribution is -0.139. The minimum atomic E-state index is -0.588. The van der Waals surface area contributed by atoms with E-state index in [4.69, 9.17) is 0 Å². The van der Waals surface area contributed by atoms with Crippen LogP contribution in [-0.2, 0) is 16.0 Å². The highest BCUT2D eigenvalue weighted by Gasteiger charge is 2.48. The summed E-state index contributed by atoms with van der Waals surface area (Å²) in [7, 11) is 3.56. The molecule has 2 amide bonds. The third kappa shape index (κ3) is 4.04. The molecule has 4 nitrogen and oxygen atoms in total. The zero-order valence-electron chi connectivity index (χ0n) is 17.0. The van der Waals surface area contributed by atoms with E-state index in [0.717, 1.165) is 29.5 Å². The lowest BCUT2D eigenvalue weighted by Gasteiger charge is -2.31. The van der Waals surface area contributed by atoms with Crippen molar-refractivity contribution in [3.8, 4) is 11.1 Å². The van der Waals surface area contributed by atoms with E-state index in [9.17, 15) is 14.0 Å². The molecule has 29 heavy (non-hydrogen) atoms. The van der Waals surface area contributed by atoms with E-state index in [1.165, 1.54) is 12.1 Å². The average molecular weight is 394 g/mol. The van der Waals surface area contributed by atoms with Crippen LogP contribution in [-0.4, -0.2) is 48.8 Å². The summed E-state index contributed by atoms with van der Waals surface area (Å²) in [6, 6.07) is 14.5. The Morgan fingerprint density at radius 3 is 2.48 bits per heavy atom. The van der Waals surface area contributed by atoms with Crippen molar-refractivity contribution in [1.29, 1.82) is 0 Å². The fourth-order valence-corrected chi connectivity index (χ4v) is 4.41. The van der Waals surface area contributed by atoms with Gasteiger partial charge in [-0.05, 0) is 54.5 Å². The average Bonchev–Trinajstić information content (AvgIpc) is 3.48. The second-order valence-corrected chi connectivity index (χ2v) is 8.65. The molecular weight excluding hydrogens is 367 g/mol. The highest BCUT2D eigenvalue weighted by Crippen LogP contribution is 2.40. The normalized spacial score (nSPS) is 21.3. The zero-order valence-corrected chi connectivity index (χ0v) is 17.0. The molecule has 2 aliphatic rings. The molecular formula is C24H27FN2O2. The maximum atomic E-state index is 13.3. The number of hydrogen-bond acceptors (Lipinski definition) is 2. The van der Waals surface area contributed by atoms with Gasteiger partial charge in [0.25, 0.3) is 0 Å². The lowest BCUT2D eigenvalue weighted by Crippen LogP contribution is -2.44. The van der Waals surface area contributed by atoms with E-state index in [0.29, 0.717) is 25.9 Å². The number of halogens is 1. The summed E-state index contributed by atoms with van der Waals surface area (Å²) in [6.45, 7) is 1.13. The van der Waals surface area contributed by atoms with Crippen LogP contribution in [0.4, 0.5) is 4.39 Å². The van der Waals surface area contributed by atoms with Crippen LogP contribution < -0.4 is 0 Å². The summed E-state index contributed by atoms with van der Waals surface area (Å²) < 4.78 is 13.3. The van der Waals surface area contributed by atoms with Crippen LogP contribution in [0.2, 0.25) is 0 Å². The molecule has 5 heteroatoms. The topological polar surface area (TPSA) is 40.6 Å². The molecule has 0 spiro atoms. The second kappa shape index (κ2) is 7.62. The summed E-state index contributed by atoms with van der Waals surface area (Å²) in [5, 5.41) is 0. The largest absolute Gasteiger partial charge is 0.348 e. The van der Waals surface area contributed by atoms with Crippen molar-refractivity contribution in [2.45, 2.75) is 25.7 Å². The van der Waals surface area contributed by atoms with E-state index in [2.05, 4.69) is 6.07 Å². The van der Waals surface area contributed by atoms with Gasteiger partial charge in [-0.25, -0.2) is 4.39 Å². The Hall–Kier alpha value is -2.69. The van der Waals surface area contributed by atoms with Gasteiger partial charge < -0.3 is 9.80 Å². The number of likely N-dealkylation sites (tertiary alicyclic amines) is 1. The Morgan fingerprint density at radius 2 is 1.83 bits per heavy atom. The SMILES string of the molecule is CN(C)C(=O)C1(Cc2cccc(-c3ccc(F)cc3)c2)CCN(C(=O)C2CC2)C1. The standard InChI is InChI=1S/C24H27FN2O2/c1-26(2)23(29)24(12-13-27(16-24)22(28)19-6-7-19)15-17-4-3-5-20(14-17)18-8-10-21(25)11-9-18/h3-5,8-11,14,19H,6-7,12-13,15-16H2,1-2H3. The molecule has 2 aromatic carbocycles. The highest BCUT2D eigenvalue weighted by atomic mass is 19.1. The highest BCUT2D eigenvalue weighted by molar-refractivity contribution is 5.86. The van der Waals surface area contributed by atoms with Crippen LogP contribution in [0, 0.1) is 17.2 Å². The molecule has 1 heterocycles. The summed E-state index contributed by atoms with van der Waals surface area (Å²) >= 11 is 0.